The van der Waals surface area contributed by atoms with E-state index in [0.717, 1.165) is 5.56 Å². The number of carboxylic acid groups (broad SMARTS) is 1. The number of hydrogen-bond donors (Lipinski definition) is 0. The monoisotopic (exact) mass is 278 g/mol. The van der Waals surface area contributed by atoms with Gasteiger partial charge in [-0.1, -0.05) is 0 Å². The Morgan fingerprint density at radius 3 is 2.70 bits per heavy atom. The molecule has 0 spiro atoms. The zero-order valence-corrected chi connectivity index (χ0v) is 11.4. The zero-order valence-electron chi connectivity index (χ0n) is 11.4. The van der Waals surface area contributed by atoms with E-state index >= 15 is 0 Å². The van der Waals surface area contributed by atoms with Gasteiger partial charge in [0.2, 0.25) is 5.91 Å². The number of carbonyl (C=O) groups is 2. The Hall–Kier alpha value is -2.24. The molecular weight excluding hydrogens is 262 g/mol. The van der Waals surface area contributed by atoms with E-state index in [1.165, 1.54) is 12.0 Å². The molecule has 6 heteroatoms. The Kier molecular flexibility index (Phi) is 4.12. The molecule has 0 radical (unpaired) electrons. The minimum absolute atomic E-state index is 0.000797. The molecule has 1 heterocycles. The van der Waals surface area contributed by atoms with E-state index in [4.69, 9.17) is 9.47 Å². The van der Waals surface area contributed by atoms with Crippen LogP contribution >= 0.6 is 0 Å². The minimum Gasteiger partial charge on any atom is -0.550 e. The Balaban J connectivity index is 2.14. The van der Waals surface area contributed by atoms with Crippen LogP contribution in [0.5, 0.6) is 11.5 Å². The Morgan fingerprint density at radius 2 is 2.15 bits per heavy atom. The lowest BCUT2D eigenvalue weighted by Gasteiger charge is -2.19. The molecule has 6 nitrogen and oxygen atoms in total. The van der Waals surface area contributed by atoms with Crippen LogP contribution in [0.1, 0.15) is 12.0 Å². The molecule has 108 valence electrons. The summed E-state index contributed by atoms with van der Waals surface area (Å²) >= 11 is 0. The average Bonchev–Trinajstić information content (AvgIpc) is 2.81. The predicted octanol–water partition coefficient (Wildman–Crippen LogP) is -0.198. The van der Waals surface area contributed by atoms with Crippen molar-refractivity contribution in [3.8, 4) is 11.5 Å². The van der Waals surface area contributed by atoms with Crippen LogP contribution in [0.4, 0.5) is 0 Å². The fourth-order valence-electron chi connectivity index (χ4n) is 2.27. The summed E-state index contributed by atoms with van der Waals surface area (Å²) in [5.74, 6) is -0.827. The summed E-state index contributed by atoms with van der Waals surface area (Å²) < 4.78 is 10.4. The molecule has 1 atom stereocenters. The largest absolute Gasteiger partial charge is 0.550 e. The van der Waals surface area contributed by atoms with Gasteiger partial charge < -0.3 is 24.3 Å². The van der Waals surface area contributed by atoms with E-state index in [1.807, 2.05) is 0 Å². The van der Waals surface area contributed by atoms with E-state index < -0.39 is 11.9 Å². The third-order valence-electron chi connectivity index (χ3n) is 3.40. The highest BCUT2D eigenvalue weighted by Gasteiger charge is 2.30. The number of rotatable bonds is 5. The van der Waals surface area contributed by atoms with Crippen LogP contribution in [-0.2, 0) is 16.1 Å². The number of likely N-dealkylation sites (tertiary alicyclic amines) is 1. The van der Waals surface area contributed by atoms with Crippen molar-refractivity contribution in [1.82, 2.24) is 4.90 Å². The first-order chi connectivity index (χ1) is 9.55. The van der Waals surface area contributed by atoms with E-state index in [9.17, 15) is 14.7 Å². The van der Waals surface area contributed by atoms with Crippen molar-refractivity contribution < 1.29 is 24.2 Å². The number of methoxy groups -OCH3 is 2. The van der Waals surface area contributed by atoms with Crippen molar-refractivity contribution in [3.63, 3.8) is 0 Å². The molecule has 1 fully saturated rings. The molecule has 1 saturated heterocycles. The molecule has 1 aromatic carbocycles. The predicted molar refractivity (Wildman–Crippen MR) is 68.1 cm³/mol. The molecule has 1 aliphatic rings. The molecule has 0 N–H and O–H groups in total. The second-order valence-electron chi connectivity index (χ2n) is 4.67. The van der Waals surface area contributed by atoms with Gasteiger partial charge in [-0.2, -0.15) is 0 Å². The number of amides is 1. The molecule has 1 aliphatic heterocycles. The van der Waals surface area contributed by atoms with Gasteiger partial charge in [-0.05, 0) is 12.1 Å². The van der Waals surface area contributed by atoms with Gasteiger partial charge in [0.1, 0.15) is 11.5 Å². The Labute approximate surface area is 116 Å². The van der Waals surface area contributed by atoms with E-state index in [-0.39, 0.29) is 18.9 Å². The van der Waals surface area contributed by atoms with E-state index in [1.54, 1.807) is 25.3 Å². The van der Waals surface area contributed by atoms with Gasteiger partial charge in [0, 0.05) is 43.0 Å². The van der Waals surface area contributed by atoms with Crippen molar-refractivity contribution in [1.29, 1.82) is 0 Å². The molecule has 0 aliphatic carbocycles. The molecule has 2 rings (SSSR count). The molecule has 1 amide bonds. The van der Waals surface area contributed by atoms with Gasteiger partial charge in [0.05, 0.1) is 14.2 Å². The first kappa shape index (κ1) is 14.2. The van der Waals surface area contributed by atoms with E-state index in [0.29, 0.717) is 18.0 Å². The first-order valence-corrected chi connectivity index (χ1v) is 6.24. The standard InChI is InChI=1S/C14H17NO5/c1-19-11-4-3-9(12(6-11)20-2)7-15-8-10(14(17)18)5-13(15)16/h3-4,6,10H,5,7-8H2,1-2H3,(H,17,18)/p-1. The highest BCUT2D eigenvalue weighted by Crippen LogP contribution is 2.28. The number of aliphatic carboxylic acids is 1. The fraction of sp³-hybridized carbons (Fsp3) is 0.429. The smallest absolute Gasteiger partial charge is 0.223 e. The zero-order chi connectivity index (χ0) is 14.7. The SMILES string of the molecule is COc1ccc(CN2CC(C(=O)[O-])CC2=O)c(OC)c1. The van der Waals surface area contributed by atoms with Gasteiger partial charge in [-0.15, -0.1) is 0 Å². The van der Waals surface area contributed by atoms with Gasteiger partial charge in [-0.25, -0.2) is 0 Å². The third-order valence-corrected chi connectivity index (χ3v) is 3.40. The molecule has 1 aromatic rings. The van der Waals surface area contributed by atoms with Crippen molar-refractivity contribution in [2.75, 3.05) is 20.8 Å². The molecule has 0 bridgehead atoms. The van der Waals surface area contributed by atoms with Crippen LogP contribution in [0.2, 0.25) is 0 Å². The molecule has 20 heavy (non-hydrogen) atoms. The maximum Gasteiger partial charge on any atom is 0.223 e. The normalized spacial score (nSPS) is 18.2. The van der Waals surface area contributed by atoms with Crippen LogP contribution < -0.4 is 14.6 Å². The van der Waals surface area contributed by atoms with Gasteiger partial charge in [-0.3, -0.25) is 4.79 Å². The Morgan fingerprint density at radius 1 is 1.40 bits per heavy atom. The van der Waals surface area contributed by atoms with Crippen LogP contribution in [0.25, 0.3) is 0 Å². The maximum absolute atomic E-state index is 11.8. The first-order valence-electron chi connectivity index (χ1n) is 6.24. The lowest BCUT2D eigenvalue weighted by molar-refractivity contribution is -0.311. The van der Waals surface area contributed by atoms with Crippen molar-refractivity contribution in [3.05, 3.63) is 23.8 Å². The van der Waals surface area contributed by atoms with Crippen LogP contribution in [0.3, 0.4) is 0 Å². The van der Waals surface area contributed by atoms with Crippen LogP contribution in [0.15, 0.2) is 18.2 Å². The number of carbonyl (C=O) groups excluding carboxylic acids is 2. The highest BCUT2D eigenvalue weighted by molar-refractivity contribution is 5.85. The number of nitrogens with zero attached hydrogens (tertiary/aromatic N) is 1. The molecule has 0 aromatic heterocycles. The summed E-state index contributed by atoms with van der Waals surface area (Å²) in [5.41, 5.74) is 0.806. The topological polar surface area (TPSA) is 78.9 Å². The van der Waals surface area contributed by atoms with Crippen molar-refractivity contribution in [2.24, 2.45) is 5.92 Å². The second-order valence-corrected chi connectivity index (χ2v) is 4.67. The second kappa shape index (κ2) is 5.81. The summed E-state index contributed by atoms with van der Waals surface area (Å²) in [6, 6.07) is 5.30. The molecule has 0 saturated carbocycles. The van der Waals surface area contributed by atoms with Crippen molar-refractivity contribution in [2.45, 2.75) is 13.0 Å². The van der Waals surface area contributed by atoms with E-state index in [2.05, 4.69) is 0 Å². The summed E-state index contributed by atoms with van der Waals surface area (Å²) in [6.45, 7) is 0.492. The third kappa shape index (κ3) is 2.84. The minimum atomic E-state index is -1.18. The van der Waals surface area contributed by atoms with Crippen LogP contribution in [0, 0.1) is 5.92 Å². The summed E-state index contributed by atoms with van der Waals surface area (Å²) in [6.07, 6.45) is 0.000797. The average molecular weight is 278 g/mol. The van der Waals surface area contributed by atoms with Gasteiger partial charge >= 0.3 is 0 Å². The van der Waals surface area contributed by atoms with Crippen LogP contribution in [-0.4, -0.2) is 37.5 Å². The van der Waals surface area contributed by atoms with Gasteiger partial charge in [0.25, 0.3) is 0 Å². The van der Waals surface area contributed by atoms with Crippen molar-refractivity contribution >= 4 is 11.9 Å². The number of benzene rings is 1. The quantitative estimate of drug-likeness (QED) is 0.745. The fourth-order valence-corrected chi connectivity index (χ4v) is 2.27. The summed E-state index contributed by atoms with van der Waals surface area (Å²) in [4.78, 5) is 24.1. The maximum atomic E-state index is 11.8. The number of ether oxygens (including phenoxy) is 2. The Bertz CT molecular complexity index is 528. The lowest BCUT2D eigenvalue weighted by atomic mass is 10.1. The lowest BCUT2D eigenvalue weighted by Crippen LogP contribution is -2.33. The summed E-state index contributed by atoms with van der Waals surface area (Å²) in [5, 5.41) is 10.8. The highest BCUT2D eigenvalue weighted by atomic mass is 16.5. The molecular formula is C14H16NO5-. The summed E-state index contributed by atoms with van der Waals surface area (Å²) in [7, 11) is 3.09. The number of carboxylic acids is 1. The van der Waals surface area contributed by atoms with Gasteiger partial charge in [0.15, 0.2) is 0 Å². The molecule has 1 unspecified atom stereocenters. The number of hydrogen-bond acceptors (Lipinski definition) is 5.